The number of nitrogens with zero attached hydrogens (tertiary/aromatic N) is 4. The number of piperidine rings is 1. The van der Waals surface area contributed by atoms with E-state index in [0.717, 1.165) is 30.6 Å². The summed E-state index contributed by atoms with van der Waals surface area (Å²) in [5, 5.41) is 7.10. The van der Waals surface area contributed by atoms with Crippen LogP contribution in [0.3, 0.4) is 0 Å². The van der Waals surface area contributed by atoms with Crippen LogP contribution in [-0.4, -0.2) is 53.2 Å². The summed E-state index contributed by atoms with van der Waals surface area (Å²) in [6, 6.07) is 11.2. The van der Waals surface area contributed by atoms with Crippen molar-refractivity contribution in [2.75, 3.05) is 27.3 Å². The van der Waals surface area contributed by atoms with Gasteiger partial charge in [-0.15, -0.1) is 0 Å². The minimum absolute atomic E-state index is 0.0527. The zero-order chi connectivity index (χ0) is 22.3. The average molecular weight is 438 g/mol. The first-order valence-corrected chi connectivity index (χ1v) is 10.6. The Kier molecular flexibility index (Phi) is 6.96. The molecule has 0 saturated carbocycles. The molecule has 2 aromatic heterocycles. The lowest BCUT2D eigenvalue weighted by molar-refractivity contribution is -0.127. The smallest absolute Gasteiger partial charge is 0.241 e. The second-order valence-electron chi connectivity index (χ2n) is 7.69. The van der Waals surface area contributed by atoms with Gasteiger partial charge in [-0.3, -0.25) is 14.7 Å². The van der Waals surface area contributed by atoms with E-state index in [9.17, 15) is 4.79 Å². The molecule has 0 spiro atoms. The first-order valence-electron chi connectivity index (χ1n) is 10.6. The van der Waals surface area contributed by atoms with E-state index in [1.54, 1.807) is 20.4 Å². The molecular formula is C23H27N5O4. The number of benzene rings is 1. The van der Waals surface area contributed by atoms with E-state index in [2.05, 4.69) is 25.3 Å². The van der Waals surface area contributed by atoms with E-state index in [4.69, 9.17) is 14.0 Å². The maximum absolute atomic E-state index is 12.6. The van der Waals surface area contributed by atoms with Gasteiger partial charge in [-0.1, -0.05) is 11.2 Å². The first-order chi connectivity index (χ1) is 15.7. The van der Waals surface area contributed by atoms with Gasteiger partial charge < -0.3 is 19.3 Å². The highest BCUT2D eigenvalue weighted by atomic mass is 16.5. The molecule has 3 aromatic rings. The van der Waals surface area contributed by atoms with Crippen LogP contribution in [0, 0.1) is 5.92 Å². The third kappa shape index (κ3) is 5.23. The Morgan fingerprint density at radius 2 is 2.09 bits per heavy atom. The Balaban J connectivity index is 1.34. The molecule has 0 radical (unpaired) electrons. The van der Waals surface area contributed by atoms with Crippen molar-refractivity contribution in [3.05, 3.63) is 54.2 Å². The molecule has 1 fully saturated rings. The van der Waals surface area contributed by atoms with Gasteiger partial charge in [-0.25, -0.2) is 0 Å². The maximum atomic E-state index is 12.6. The number of amides is 1. The van der Waals surface area contributed by atoms with Gasteiger partial charge in [0.2, 0.25) is 17.6 Å². The molecule has 168 valence electrons. The predicted octanol–water partition coefficient (Wildman–Crippen LogP) is 2.68. The van der Waals surface area contributed by atoms with Gasteiger partial charge in [-0.2, -0.15) is 4.98 Å². The number of aromatic nitrogens is 3. The van der Waals surface area contributed by atoms with E-state index < -0.39 is 0 Å². The quantitative estimate of drug-likeness (QED) is 0.574. The molecule has 9 nitrogen and oxygen atoms in total. The van der Waals surface area contributed by atoms with Crippen molar-refractivity contribution in [2.45, 2.75) is 25.9 Å². The monoisotopic (exact) mass is 437 g/mol. The Bertz CT molecular complexity index is 1040. The van der Waals surface area contributed by atoms with Crippen molar-refractivity contribution in [3.63, 3.8) is 0 Å². The van der Waals surface area contributed by atoms with Crippen LogP contribution >= 0.6 is 0 Å². The molecule has 0 bridgehead atoms. The van der Waals surface area contributed by atoms with E-state index in [0.29, 0.717) is 42.8 Å². The van der Waals surface area contributed by atoms with E-state index in [1.807, 2.05) is 36.4 Å². The largest absolute Gasteiger partial charge is 0.493 e. The fourth-order valence-corrected chi connectivity index (χ4v) is 3.84. The number of rotatable bonds is 8. The van der Waals surface area contributed by atoms with Crippen molar-refractivity contribution < 1.29 is 18.8 Å². The fraction of sp³-hybridized carbons (Fsp3) is 0.391. The van der Waals surface area contributed by atoms with Crippen molar-refractivity contribution in [3.8, 4) is 22.9 Å². The van der Waals surface area contributed by atoms with E-state index in [-0.39, 0.29) is 11.8 Å². The van der Waals surface area contributed by atoms with Gasteiger partial charge in [0, 0.05) is 18.3 Å². The second kappa shape index (κ2) is 10.2. The Morgan fingerprint density at radius 1 is 1.22 bits per heavy atom. The SMILES string of the molecule is COc1ccc(-c2noc(CN3CCC[C@H](C(=O)NCc4ccccn4)C3)n2)cc1OC. The van der Waals surface area contributed by atoms with Gasteiger partial charge in [0.15, 0.2) is 11.5 Å². The lowest BCUT2D eigenvalue weighted by atomic mass is 9.97. The van der Waals surface area contributed by atoms with E-state index in [1.165, 1.54) is 0 Å². The molecule has 9 heteroatoms. The normalized spacial score (nSPS) is 16.5. The van der Waals surface area contributed by atoms with Crippen LogP contribution < -0.4 is 14.8 Å². The molecule has 1 aliphatic rings. The summed E-state index contributed by atoms with van der Waals surface area (Å²) in [4.78, 5) is 23.6. The molecule has 1 amide bonds. The van der Waals surface area contributed by atoms with Crippen LogP contribution in [0.15, 0.2) is 47.1 Å². The van der Waals surface area contributed by atoms with Gasteiger partial charge in [0.05, 0.1) is 38.9 Å². The minimum Gasteiger partial charge on any atom is -0.493 e. The van der Waals surface area contributed by atoms with Crippen molar-refractivity contribution in [1.29, 1.82) is 0 Å². The second-order valence-corrected chi connectivity index (χ2v) is 7.69. The molecule has 1 aliphatic heterocycles. The molecular weight excluding hydrogens is 410 g/mol. The summed E-state index contributed by atoms with van der Waals surface area (Å²) in [6.45, 7) is 2.49. The zero-order valence-corrected chi connectivity index (χ0v) is 18.3. The number of methoxy groups -OCH3 is 2. The third-order valence-corrected chi connectivity index (χ3v) is 5.51. The summed E-state index contributed by atoms with van der Waals surface area (Å²) >= 11 is 0. The highest BCUT2D eigenvalue weighted by Gasteiger charge is 2.27. The number of carbonyl (C=O) groups is 1. The summed E-state index contributed by atoms with van der Waals surface area (Å²) in [7, 11) is 3.18. The van der Waals surface area contributed by atoms with Crippen LogP contribution in [-0.2, 0) is 17.9 Å². The van der Waals surface area contributed by atoms with Gasteiger partial charge in [0.1, 0.15) is 0 Å². The fourth-order valence-electron chi connectivity index (χ4n) is 3.84. The number of hydrogen-bond acceptors (Lipinski definition) is 8. The Morgan fingerprint density at radius 3 is 2.88 bits per heavy atom. The topological polar surface area (TPSA) is 103 Å². The molecule has 32 heavy (non-hydrogen) atoms. The van der Waals surface area contributed by atoms with Crippen LogP contribution in [0.4, 0.5) is 0 Å². The number of pyridine rings is 1. The van der Waals surface area contributed by atoms with Crippen molar-refractivity contribution in [2.24, 2.45) is 5.92 Å². The third-order valence-electron chi connectivity index (χ3n) is 5.51. The van der Waals surface area contributed by atoms with Crippen LogP contribution in [0.25, 0.3) is 11.4 Å². The lowest BCUT2D eigenvalue weighted by Crippen LogP contribution is -2.42. The number of carbonyl (C=O) groups excluding carboxylic acids is 1. The lowest BCUT2D eigenvalue weighted by Gasteiger charge is -2.30. The van der Waals surface area contributed by atoms with Gasteiger partial charge in [0.25, 0.3) is 0 Å². The van der Waals surface area contributed by atoms with Gasteiger partial charge >= 0.3 is 0 Å². The first kappa shape index (κ1) is 21.8. The molecule has 0 unspecified atom stereocenters. The molecule has 1 N–H and O–H groups in total. The number of hydrogen-bond donors (Lipinski definition) is 1. The van der Waals surface area contributed by atoms with Crippen molar-refractivity contribution in [1.82, 2.24) is 25.3 Å². The zero-order valence-electron chi connectivity index (χ0n) is 18.3. The Labute approximate surface area is 186 Å². The predicted molar refractivity (Wildman–Crippen MR) is 117 cm³/mol. The maximum Gasteiger partial charge on any atom is 0.241 e. The molecule has 1 aromatic carbocycles. The van der Waals surface area contributed by atoms with Crippen LogP contribution in [0.5, 0.6) is 11.5 Å². The number of likely N-dealkylation sites (tertiary alicyclic amines) is 1. The molecule has 0 aliphatic carbocycles. The summed E-state index contributed by atoms with van der Waals surface area (Å²) < 4.78 is 16.1. The average Bonchev–Trinajstić information content (AvgIpc) is 3.31. The molecule has 3 heterocycles. The highest BCUT2D eigenvalue weighted by molar-refractivity contribution is 5.78. The van der Waals surface area contributed by atoms with Crippen LogP contribution in [0.1, 0.15) is 24.4 Å². The molecule has 4 rings (SSSR count). The standard InChI is InChI=1S/C23H27N5O4/c1-30-19-9-8-16(12-20(19)31-2)22-26-21(32-27-22)15-28-11-5-6-17(14-28)23(29)25-13-18-7-3-4-10-24-18/h3-4,7-10,12,17H,5-6,11,13-15H2,1-2H3,(H,25,29)/t17-/m0/s1. The number of nitrogens with one attached hydrogen (secondary N) is 1. The summed E-state index contributed by atoms with van der Waals surface area (Å²) in [6.07, 6.45) is 3.54. The summed E-state index contributed by atoms with van der Waals surface area (Å²) in [5.74, 6) is 2.23. The van der Waals surface area contributed by atoms with E-state index >= 15 is 0 Å². The summed E-state index contributed by atoms with van der Waals surface area (Å²) in [5.41, 5.74) is 1.63. The van der Waals surface area contributed by atoms with Gasteiger partial charge in [-0.05, 0) is 49.7 Å². The van der Waals surface area contributed by atoms with Crippen LogP contribution in [0.2, 0.25) is 0 Å². The highest BCUT2D eigenvalue weighted by Crippen LogP contribution is 2.31. The number of ether oxygens (including phenoxy) is 2. The minimum atomic E-state index is -0.0688. The molecule has 1 atom stereocenters. The Hall–Kier alpha value is -3.46. The van der Waals surface area contributed by atoms with Crippen molar-refractivity contribution >= 4 is 5.91 Å². The molecule has 1 saturated heterocycles.